The Labute approximate surface area is 127 Å². The van der Waals surface area contributed by atoms with E-state index >= 15 is 0 Å². The van der Waals surface area contributed by atoms with E-state index in [9.17, 15) is 9.59 Å². The molecule has 0 aliphatic rings. The topological polar surface area (TPSA) is 103 Å². The molecule has 1 aromatic carbocycles. The van der Waals surface area contributed by atoms with E-state index in [0.29, 0.717) is 25.0 Å². The van der Waals surface area contributed by atoms with E-state index in [2.05, 4.69) is 10.5 Å². The van der Waals surface area contributed by atoms with Crippen molar-refractivity contribution in [2.24, 2.45) is 0 Å². The normalized spacial score (nSPS) is 10.6. The van der Waals surface area contributed by atoms with E-state index in [1.807, 2.05) is 24.3 Å². The fourth-order valence-corrected chi connectivity index (χ4v) is 2.12. The summed E-state index contributed by atoms with van der Waals surface area (Å²) in [7, 11) is 0. The van der Waals surface area contributed by atoms with Crippen LogP contribution >= 0.6 is 0 Å². The van der Waals surface area contributed by atoms with Crippen molar-refractivity contribution in [2.75, 3.05) is 6.61 Å². The summed E-state index contributed by atoms with van der Waals surface area (Å²) in [6, 6.07) is 7.53. The summed E-state index contributed by atoms with van der Waals surface area (Å²) in [4.78, 5) is 30.9. The first-order chi connectivity index (χ1) is 10.7. The zero-order chi connectivity index (χ0) is 15.8. The zero-order valence-electron chi connectivity index (χ0n) is 12.1. The number of para-hydroxylation sites is 1. The largest absolute Gasteiger partial charge is 0.360 e. The van der Waals surface area contributed by atoms with Crippen LogP contribution in [0.4, 0.5) is 0 Å². The van der Waals surface area contributed by atoms with Gasteiger partial charge in [-0.1, -0.05) is 24.6 Å². The van der Waals surface area contributed by atoms with Crippen molar-refractivity contribution in [3.05, 3.63) is 36.0 Å². The Morgan fingerprint density at radius 2 is 2.00 bits per heavy atom. The van der Waals surface area contributed by atoms with Gasteiger partial charge in [0.1, 0.15) is 0 Å². The molecular weight excluding hydrogens is 286 g/mol. The van der Waals surface area contributed by atoms with Gasteiger partial charge < -0.3 is 4.98 Å². The standard InChI is InChI=1S/C15H19N3O4/c19-14(17-21)8-2-1-5-9-22-18-15(20)12-10-16-13-7-4-3-6-11(12)13/h3-4,6-7,10,16,21H,1-2,5,8-9H2,(H,17,19)(H,18,20). The molecule has 7 nitrogen and oxygen atoms in total. The maximum Gasteiger partial charge on any atom is 0.277 e. The van der Waals surface area contributed by atoms with Crippen molar-refractivity contribution >= 4 is 22.7 Å². The van der Waals surface area contributed by atoms with Gasteiger partial charge >= 0.3 is 0 Å². The van der Waals surface area contributed by atoms with Crippen LogP contribution in [0, 0.1) is 0 Å². The van der Waals surface area contributed by atoms with E-state index in [4.69, 9.17) is 10.0 Å². The molecule has 0 unspecified atom stereocenters. The Balaban J connectivity index is 1.67. The molecule has 0 spiro atoms. The number of aromatic nitrogens is 1. The number of carbonyl (C=O) groups excluding carboxylic acids is 2. The summed E-state index contributed by atoms with van der Waals surface area (Å²) < 4.78 is 0. The highest BCUT2D eigenvalue weighted by Crippen LogP contribution is 2.17. The summed E-state index contributed by atoms with van der Waals surface area (Å²) in [6.07, 6.45) is 4.07. The Morgan fingerprint density at radius 1 is 1.18 bits per heavy atom. The van der Waals surface area contributed by atoms with Crippen molar-refractivity contribution in [1.82, 2.24) is 15.9 Å². The summed E-state index contributed by atoms with van der Waals surface area (Å²) in [6.45, 7) is 0.370. The van der Waals surface area contributed by atoms with E-state index in [1.54, 1.807) is 11.7 Å². The van der Waals surface area contributed by atoms with Crippen molar-refractivity contribution in [3.63, 3.8) is 0 Å². The van der Waals surface area contributed by atoms with Crippen LogP contribution in [0.1, 0.15) is 36.0 Å². The van der Waals surface area contributed by atoms with Crippen molar-refractivity contribution in [1.29, 1.82) is 0 Å². The van der Waals surface area contributed by atoms with Crippen LogP contribution in [0.5, 0.6) is 0 Å². The minimum atomic E-state index is -0.395. The third kappa shape index (κ3) is 4.31. The van der Waals surface area contributed by atoms with Gasteiger partial charge in [0.25, 0.3) is 5.91 Å². The van der Waals surface area contributed by atoms with Gasteiger partial charge in [0.05, 0.1) is 12.2 Å². The number of aromatic amines is 1. The molecule has 22 heavy (non-hydrogen) atoms. The maximum atomic E-state index is 12.0. The molecule has 0 atom stereocenters. The Bertz CT molecular complexity index is 639. The summed E-state index contributed by atoms with van der Waals surface area (Å²) >= 11 is 0. The predicted molar refractivity (Wildman–Crippen MR) is 80.1 cm³/mol. The Kier molecular flexibility index (Phi) is 5.93. The van der Waals surface area contributed by atoms with Crippen LogP contribution in [0.3, 0.4) is 0 Å². The molecule has 2 rings (SSSR count). The first-order valence-electron chi connectivity index (χ1n) is 7.13. The second-order valence-electron chi connectivity index (χ2n) is 4.87. The average molecular weight is 305 g/mol. The number of nitrogens with one attached hydrogen (secondary N) is 3. The molecule has 7 heteroatoms. The first-order valence-corrected chi connectivity index (χ1v) is 7.13. The van der Waals surface area contributed by atoms with Gasteiger partial charge in [-0.3, -0.25) is 19.6 Å². The lowest BCUT2D eigenvalue weighted by Gasteiger charge is -2.05. The van der Waals surface area contributed by atoms with E-state index in [1.165, 1.54) is 0 Å². The minimum Gasteiger partial charge on any atom is -0.360 e. The molecule has 0 saturated carbocycles. The lowest BCUT2D eigenvalue weighted by Crippen LogP contribution is -2.24. The highest BCUT2D eigenvalue weighted by molar-refractivity contribution is 6.06. The third-order valence-electron chi connectivity index (χ3n) is 3.27. The molecule has 118 valence electrons. The summed E-state index contributed by atoms with van der Waals surface area (Å²) in [5.41, 5.74) is 5.43. The molecule has 0 aliphatic carbocycles. The SMILES string of the molecule is O=C(CCCCCONC(=O)c1c[nH]c2ccccc12)NO. The fourth-order valence-electron chi connectivity index (χ4n) is 2.12. The van der Waals surface area contributed by atoms with E-state index < -0.39 is 5.91 Å². The number of amides is 2. The molecule has 2 amide bonds. The van der Waals surface area contributed by atoms with Crippen molar-refractivity contribution in [2.45, 2.75) is 25.7 Å². The minimum absolute atomic E-state index is 0.276. The molecular formula is C15H19N3O4. The number of fused-ring (bicyclic) bond motifs is 1. The summed E-state index contributed by atoms with van der Waals surface area (Å²) in [5.74, 6) is -0.689. The number of carbonyl (C=O) groups is 2. The number of rotatable bonds is 8. The fraction of sp³-hybridized carbons (Fsp3) is 0.333. The molecule has 0 bridgehead atoms. The molecule has 0 saturated heterocycles. The number of hydrogen-bond acceptors (Lipinski definition) is 4. The lowest BCUT2D eigenvalue weighted by molar-refractivity contribution is -0.129. The number of H-pyrrole nitrogens is 1. The number of benzene rings is 1. The van der Waals surface area contributed by atoms with Gasteiger partial charge in [-0.05, 0) is 18.9 Å². The zero-order valence-corrected chi connectivity index (χ0v) is 12.1. The van der Waals surface area contributed by atoms with Gasteiger partial charge in [0.2, 0.25) is 5.91 Å². The quantitative estimate of drug-likeness (QED) is 0.340. The lowest BCUT2D eigenvalue weighted by atomic mass is 10.2. The number of hydroxylamine groups is 2. The monoisotopic (exact) mass is 305 g/mol. The van der Waals surface area contributed by atoms with Crippen molar-refractivity contribution in [3.8, 4) is 0 Å². The third-order valence-corrected chi connectivity index (χ3v) is 3.27. The molecule has 4 N–H and O–H groups in total. The average Bonchev–Trinajstić information content (AvgIpc) is 2.97. The van der Waals surface area contributed by atoms with Crippen LogP contribution in [0.15, 0.2) is 30.5 Å². The smallest absolute Gasteiger partial charge is 0.277 e. The molecule has 1 heterocycles. The molecule has 0 fully saturated rings. The number of hydrogen-bond donors (Lipinski definition) is 4. The van der Waals surface area contributed by atoms with Gasteiger partial charge in [0, 0.05) is 23.5 Å². The highest BCUT2D eigenvalue weighted by atomic mass is 16.6. The first kappa shape index (κ1) is 16.0. The van der Waals surface area contributed by atoms with Crippen LogP contribution in [-0.2, 0) is 9.63 Å². The molecule has 0 aliphatic heterocycles. The molecule has 1 aromatic heterocycles. The number of unbranched alkanes of at least 4 members (excludes halogenated alkanes) is 2. The maximum absolute atomic E-state index is 12.0. The van der Waals surface area contributed by atoms with Crippen LogP contribution in [-0.4, -0.2) is 28.6 Å². The van der Waals surface area contributed by atoms with Gasteiger partial charge in [-0.25, -0.2) is 11.0 Å². The van der Waals surface area contributed by atoms with Gasteiger partial charge in [0.15, 0.2) is 0 Å². The van der Waals surface area contributed by atoms with Crippen molar-refractivity contribution < 1.29 is 19.6 Å². The Morgan fingerprint density at radius 3 is 2.82 bits per heavy atom. The second kappa shape index (κ2) is 8.16. The second-order valence-corrected chi connectivity index (χ2v) is 4.87. The molecule has 0 radical (unpaired) electrons. The van der Waals surface area contributed by atoms with Crippen LogP contribution in [0.25, 0.3) is 10.9 Å². The molecule has 2 aromatic rings. The van der Waals surface area contributed by atoms with Crippen LogP contribution < -0.4 is 11.0 Å². The Hall–Kier alpha value is -2.38. The summed E-state index contributed by atoms with van der Waals surface area (Å²) in [5, 5.41) is 9.17. The van der Waals surface area contributed by atoms with Gasteiger partial charge in [-0.15, -0.1) is 0 Å². The van der Waals surface area contributed by atoms with E-state index in [0.717, 1.165) is 17.3 Å². The predicted octanol–water partition coefficient (Wildman–Crippen LogP) is 1.90. The van der Waals surface area contributed by atoms with Gasteiger partial charge in [-0.2, -0.15) is 0 Å². The highest BCUT2D eigenvalue weighted by Gasteiger charge is 2.11. The van der Waals surface area contributed by atoms with E-state index in [-0.39, 0.29) is 12.3 Å². The van der Waals surface area contributed by atoms with Crippen LogP contribution in [0.2, 0.25) is 0 Å².